The van der Waals surface area contributed by atoms with Crippen molar-refractivity contribution in [2.24, 2.45) is 0 Å². The summed E-state index contributed by atoms with van der Waals surface area (Å²) >= 11 is 0. The van der Waals surface area contributed by atoms with Crippen molar-refractivity contribution in [3.63, 3.8) is 0 Å². The average molecular weight is 421 g/mol. The Labute approximate surface area is 163 Å². The van der Waals surface area contributed by atoms with Crippen LogP contribution in [0.2, 0.25) is 65.5 Å². The zero-order valence-electron chi connectivity index (χ0n) is 17.9. The van der Waals surface area contributed by atoms with Crippen molar-refractivity contribution in [2.45, 2.75) is 65.5 Å². The molecule has 0 saturated carbocycles. The van der Waals surface area contributed by atoms with Gasteiger partial charge in [-0.3, -0.25) is 0 Å². The van der Waals surface area contributed by atoms with Gasteiger partial charge in [-0.15, -0.1) is 0 Å². The van der Waals surface area contributed by atoms with Gasteiger partial charge >= 0.3 is 0 Å². The van der Waals surface area contributed by atoms with Crippen LogP contribution in [0.25, 0.3) is 0 Å². The summed E-state index contributed by atoms with van der Waals surface area (Å²) < 4.78 is 13.2. The Morgan fingerprint density at radius 2 is 0.885 bits per heavy atom. The highest BCUT2D eigenvalue weighted by Crippen LogP contribution is 2.20. The maximum Gasteiger partial charge on any atom is 0.205 e. The van der Waals surface area contributed by atoms with Crippen LogP contribution >= 0.6 is 0 Å². The van der Waals surface area contributed by atoms with Crippen molar-refractivity contribution < 1.29 is 8.23 Å². The number of nitriles is 2. The molecule has 4 nitrogen and oxygen atoms in total. The fourth-order valence-corrected chi connectivity index (χ4v) is 20.8. The van der Waals surface area contributed by atoms with E-state index in [1.165, 1.54) is 0 Å². The molecule has 26 heavy (non-hydrogen) atoms. The average Bonchev–Trinajstić information content (AvgIpc) is 2.40. The topological polar surface area (TPSA) is 66.0 Å². The van der Waals surface area contributed by atoms with Gasteiger partial charge in [-0.05, 0) is 88.0 Å². The van der Waals surface area contributed by atoms with Gasteiger partial charge in [0.25, 0.3) is 0 Å². The minimum absolute atomic E-state index is 0.434. The van der Waals surface area contributed by atoms with Crippen LogP contribution in [0.3, 0.4) is 0 Å². The smallest absolute Gasteiger partial charge is 0.205 e. The second-order valence-electron chi connectivity index (χ2n) is 9.62. The van der Waals surface area contributed by atoms with Crippen molar-refractivity contribution in [2.75, 3.05) is 0 Å². The molecular formula is C18H32N2O2Si4. The fourth-order valence-electron chi connectivity index (χ4n) is 3.42. The fraction of sp³-hybridized carbons (Fsp3) is 0.556. The Bertz CT molecular complexity index is 699. The number of hydrogen-bond acceptors (Lipinski definition) is 4. The third-order valence-electron chi connectivity index (χ3n) is 3.82. The minimum Gasteiger partial charge on any atom is -0.452 e. The molecule has 0 saturated heterocycles. The zero-order valence-corrected chi connectivity index (χ0v) is 21.9. The first-order valence-corrected chi connectivity index (χ1v) is 21.6. The van der Waals surface area contributed by atoms with Gasteiger partial charge in [0, 0.05) is 0 Å². The van der Waals surface area contributed by atoms with E-state index in [2.05, 4.69) is 77.6 Å². The van der Waals surface area contributed by atoms with Crippen molar-refractivity contribution >= 4 is 43.6 Å². The summed E-state index contributed by atoms with van der Waals surface area (Å²) in [5, 5.41) is 21.3. The first-order valence-electron chi connectivity index (χ1n) is 8.92. The second kappa shape index (κ2) is 7.55. The molecule has 0 amide bonds. The Hall–Kier alpha value is -1.01. The van der Waals surface area contributed by atoms with E-state index >= 15 is 0 Å². The van der Waals surface area contributed by atoms with Crippen LogP contribution in [0.5, 0.6) is 0 Å². The summed E-state index contributed by atoms with van der Waals surface area (Å²) in [7, 11) is -8.03. The van der Waals surface area contributed by atoms with Gasteiger partial charge in [0.1, 0.15) is 12.1 Å². The van der Waals surface area contributed by atoms with Gasteiger partial charge < -0.3 is 8.23 Å². The highest BCUT2D eigenvalue weighted by molar-refractivity contribution is 7.00. The van der Waals surface area contributed by atoms with Gasteiger partial charge in [-0.2, -0.15) is 10.5 Å². The van der Waals surface area contributed by atoms with Crippen LogP contribution in [0, 0.1) is 22.7 Å². The quantitative estimate of drug-likeness (QED) is 0.653. The van der Waals surface area contributed by atoms with Crippen molar-refractivity contribution in [1.82, 2.24) is 0 Å². The van der Waals surface area contributed by atoms with E-state index in [1.54, 1.807) is 0 Å². The van der Waals surface area contributed by atoms with Crippen LogP contribution in [-0.2, 0) is 8.23 Å². The van der Waals surface area contributed by atoms with Gasteiger partial charge in [0.15, 0.2) is 16.6 Å². The first kappa shape index (κ1) is 23.0. The van der Waals surface area contributed by atoms with E-state index in [-0.39, 0.29) is 0 Å². The molecule has 1 aromatic rings. The molecule has 0 heterocycles. The highest BCUT2D eigenvalue weighted by atomic mass is 28.4. The predicted molar refractivity (Wildman–Crippen MR) is 119 cm³/mol. The van der Waals surface area contributed by atoms with Gasteiger partial charge in [0.05, 0.1) is 11.1 Å². The molecule has 0 aliphatic heterocycles. The van der Waals surface area contributed by atoms with Crippen molar-refractivity contribution in [1.29, 1.82) is 10.5 Å². The van der Waals surface area contributed by atoms with E-state index < -0.39 is 33.3 Å². The Kier molecular flexibility index (Phi) is 6.68. The monoisotopic (exact) mass is 420 g/mol. The van der Waals surface area contributed by atoms with E-state index in [1.807, 2.05) is 12.1 Å². The van der Waals surface area contributed by atoms with E-state index in [9.17, 15) is 10.5 Å². The summed E-state index contributed by atoms with van der Waals surface area (Å²) in [6.45, 7) is 21.9. The normalized spacial score (nSPS) is 13.2. The molecular weight excluding hydrogens is 389 g/mol. The van der Waals surface area contributed by atoms with Crippen LogP contribution in [-0.4, -0.2) is 33.3 Å². The molecule has 8 heteroatoms. The Morgan fingerprint density at radius 1 is 0.615 bits per heavy atom. The predicted octanol–water partition coefficient (Wildman–Crippen LogP) is 3.96. The van der Waals surface area contributed by atoms with Gasteiger partial charge in [0.2, 0.25) is 16.6 Å². The molecule has 0 spiro atoms. The molecule has 0 fully saturated rings. The Balaban J connectivity index is 3.73. The third kappa shape index (κ3) is 6.01. The number of hydrogen-bond donors (Lipinski definition) is 0. The Morgan fingerprint density at radius 3 is 1.08 bits per heavy atom. The zero-order chi connectivity index (χ0) is 20.6. The summed E-state index contributed by atoms with van der Waals surface area (Å²) in [6, 6.07) is 8.19. The molecule has 0 radical (unpaired) electrons. The number of rotatable bonds is 6. The molecule has 0 N–H and O–H groups in total. The molecule has 0 aliphatic rings. The molecule has 0 aliphatic carbocycles. The summed E-state index contributed by atoms with van der Waals surface area (Å²) in [5.41, 5.74) is 0.868. The lowest BCUT2D eigenvalue weighted by atomic mass is 10.1. The lowest BCUT2D eigenvalue weighted by Crippen LogP contribution is -2.64. The molecule has 0 atom stereocenters. The second-order valence-corrected chi connectivity index (χ2v) is 26.8. The minimum atomic E-state index is -2.26. The maximum absolute atomic E-state index is 9.52. The van der Waals surface area contributed by atoms with Gasteiger partial charge in [-0.1, -0.05) is 0 Å². The molecule has 0 aromatic heterocycles. The summed E-state index contributed by atoms with van der Waals surface area (Å²) in [6.07, 6.45) is 0. The van der Waals surface area contributed by atoms with E-state index in [4.69, 9.17) is 8.23 Å². The molecule has 1 rings (SSSR count). The van der Waals surface area contributed by atoms with E-state index in [0.29, 0.717) is 11.1 Å². The molecule has 0 bridgehead atoms. The van der Waals surface area contributed by atoms with Crippen LogP contribution in [0.1, 0.15) is 11.1 Å². The lowest BCUT2D eigenvalue weighted by molar-refractivity contribution is 0.561. The number of nitrogens with zero attached hydrogens (tertiary/aromatic N) is 2. The molecule has 1 aromatic carbocycles. The maximum atomic E-state index is 9.52. The highest BCUT2D eigenvalue weighted by Gasteiger charge is 2.40. The largest absolute Gasteiger partial charge is 0.452 e. The standard InChI is InChI=1S/C18H32N2O2Si4/c1-23(2,3)21-25(7,8)17-11-15(13-19)16(14-20)12-18(17)26(9,10)22-24(4,5)6/h11-12H,1-10H3. The summed E-state index contributed by atoms with van der Waals surface area (Å²) in [5.74, 6) is 0. The van der Waals surface area contributed by atoms with Crippen LogP contribution in [0.15, 0.2) is 12.1 Å². The van der Waals surface area contributed by atoms with Crippen molar-refractivity contribution in [3.05, 3.63) is 23.3 Å². The lowest BCUT2D eigenvalue weighted by Gasteiger charge is -2.38. The van der Waals surface area contributed by atoms with Crippen LogP contribution in [0.4, 0.5) is 0 Å². The number of benzene rings is 1. The van der Waals surface area contributed by atoms with Gasteiger partial charge in [-0.25, -0.2) is 0 Å². The summed E-state index contributed by atoms with van der Waals surface area (Å²) in [4.78, 5) is 0. The molecule has 0 unspecified atom stereocenters. The third-order valence-corrected chi connectivity index (χ3v) is 16.5. The first-order chi connectivity index (χ1) is 11.5. The van der Waals surface area contributed by atoms with Crippen molar-refractivity contribution in [3.8, 4) is 12.1 Å². The molecule has 142 valence electrons. The SMILES string of the molecule is C[Si](C)(C)O[Si](C)(C)c1cc(C#N)c(C#N)cc1[Si](C)(C)O[Si](C)(C)C. The van der Waals surface area contributed by atoms with E-state index in [0.717, 1.165) is 10.4 Å². The van der Waals surface area contributed by atoms with Crippen LogP contribution < -0.4 is 10.4 Å².